The highest BCUT2D eigenvalue weighted by Gasteiger charge is 2.41. The molecule has 2 aromatic heterocycles. The van der Waals surface area contributed by atoms with Gasteiger partial charge in [-0.1, -0.05) is 18.2 Å². The number of amides is 1. The fourth-order valence-electron chi connectivity index (χ4n) is 5.52. The SMILES string of the molecule is COC(=O)c1ccc(-n2c(C)cc([C@@H]3[C@H](c4ccccn4)NC(=S)N3CCC(=O)Nc3ccccc3OC)c2C)cc1. The lowest BCUT2D eigenvalue weighted by atomic mass is 9.96. The van der Waals surface area contributed by atoms with Crippen molar-refractivity contribution in [2.75, 3.05) is 26.1 Å². The second-order valence-electron chi connectivity index (χ2n) is 10.0. The Morgan fingerprint density at radius 3 is 2.45 bits per heavy atom. The van der Waals surface area contributed by atoms with Gasteiger partial charge in [-0.25, -0.2) is 4.79 Å². The number of rotatable bonds is 9. The number of benzene rings is 2. The van der Waals surface area contributed by atoms with E-state index in [-0.39, 0.29) is 30.4 Å². The second-order valence-corrected chi connectivity index (χ2v) is 10.4. The van der Waals surface area contributed by atoms with Gasteiger partial charge in [0, 0.05) is 36.2 Å². The molecule has 5 rings (SSSR count). The number of hydrogen-bond donors (Lipinski definition) is 2. The van der Waals surface area contributed by atoms with Crippen molar-refractivity contribution in [1.29, 1.82) is 0 Å². The van der Waals surface area contributed by atoms with Crippen LogP contribution in [0.1, 0.15) is 51.5 Å². The number of aromatic nitrogens is 2. The summed E-state index contributed by atoms with van der Waals surface area (Å²) in [6.45, 7) is 4.52. The Morgan fingerprint density at radius 2 is 1.76 bits per heavy atom. The number of ether oxygens (including phenoxy) is 2. The Balaban J connectivity index is 1.46. The highest BCUT2D eigenvalue weighted by molar-refractivity contribution is 7.80. The number of carbonyl (C=O) groups excluding carboxylic acids is 2. The Morgan fingerprint density at radius 1 is 1.02 bits per heavy atom. The molecular formula is C32H33N5O4S. The monoisotopic (exact) mass is 583 g/mol. The minimum Gasteiger partial charge on any atom is -0.495 e. The Kier molecular flexibility index (Phi) is 8.53. The predicted molar refractivity (Wildman–Crippen MR) is 165 cm³/mol. The molecule has 9 nitrogen and oxygen atoms in total. The van der Waals surface area contributed by atoms with Crippen molar-refractivity contribution in [3.05, 3.63) is 107 Å². The van der Waals surface area contributed by atoms with Crippen LogP contribution in [0, 0.1) is 13.8 Å². The topological polar surface area (TPSA) is 97.7 Å². The molecule has 1 amide bonds. The standard InChI is InChI=1S/C32H33N5O4S/c1-20-19-24(21(2)37(20)23-14-12-22(13-15-23)31(39)41-4)30-29(26-10-7-8-17-33-26)35-32(42)36(30)18-16-28(38)34-25-9-5-6-11-27(25)40-3/h5-15,17,19,29-30H,16,18H2,1-4H3,(H,34,38)(H,35,42)/t29-,30+/m0/s1. The Bertz CT molecular complexity index is 1600. The number of aryl methyl sites for hydroxylation is 1. The van der Waals surface area contributed by atoms with E-state index in [1.54, 1.807) is 31.5 Å². The summed E-state index contributed by atoms with van der Waals surface area (Å²) in [7, 11) is 2.94. The first-order valence-corrected chi connectivity index (χ1v) is 14.0. The lowest BCUT2D eigenvalue weighted by Gasteiger charge is -2.28. The van der Waals surface area contributed by atoms with E-state index >= 15 is 0 Å². The van der Waals surface area contributed by atoms with E-state index in [9.17, 15) is 9.59 Å². The van der Waals surface area contributed by atoms with Crippen LogP contribution in [0.2, 0.25) is 0 Å². The minimum atomic E-state index is -0.377. The zero-order valence-corrected chi connectivity index (χ0v) is 24.8. The van der Waals surface area contributed by atoms with Crippen LogP contribution in [0.5, 0.6) is 5.75 Å². The van der Waals surface area contributed by atoms with Gasteiger partial charge in [0.1, 0.15) is 5.75 Å². The fourth-order valence-corrected chi connectivity index (χ4v) is 5.85. The van der Waals surface area contributed by atoms with Crippen LogP contribution in [0.15, 0.2) is 79.0 Å². The van der Waals surface area contributed by atoms with E-state index in [0.717, 1.165) is 28.3 Å². The number of esters is 1. The van der Waals surface area contributed by atoms with Crippen LogP contribution in [0.4, 0.5) is 5.69 Å². The molecule has 1 aliphatic rings. The number of para-hydroxylation sites is 2. The molecule has 1 fully saturated rings. The average molecular weight is 584 g/mol. The molecule has 1 aliphatic heterocycles. The molecule has 1 saturated heterocycles. The van der Waals surface area contributed by atoms with E-state index in [4.69, 9.17) is 21.7 Å². The summed E-state index contributed by atoms with van der Waals surface area (Å²) in [6, 6.07) is 22.2. The Hall–Kier alpha value is -4.70. The molecule has 2 aromatic carbocycles. The van der Waals surface area contributed by atoms with Crippen LogP contribution >= 0.6 is 12.2 Å². The fraction of sp³-hybridized carbons (Fsp3) is 0.250. The summed E-state index contributed by atoms with van der Waals surface area (Å²) in [4.78, 5) is 31.7. The summed E-state index contributed by atoms with van der Waals surface area (Å²) < 4.78 is 12.4. The van der Waals surface area contributed by atoms with Crippen LogP contribution in [0.3, 0.4) is 0 Å². The number of pyridine rings is 1. The molecule has 42 heavy (non-hydrogen) atoms. The number of nitrogens with zero attached hydrogens (tertiary/aromatic N) is 3. The first kappa shape index (κ1) is 28.8. The van der Waals surface area contributed by atoms with Gasteiger partial charge >= 0.3 is 5.97 Å². The van der Waals surface area contributed by atoms with Gasteiger partial charge in [0.2, 0.25) is 5.91 Å². The van der Waals surface area contributed by atoms with Crippen molar-refractivity contribution >= 4 is 34.9 Å². The molecule has 0 spiro atoms. The molecule has 0 saturated carbocycles. The molecule has 4 aromatic rings. The van der Waals surface area contributed by atoms with Crippen molar-refractivity contribution in [2.24, 2.45) is 0 Å². The minimum absolute atomic E-state index is 0.140. The zero-order valence-electron chi connectivity index (χ0n) is 24.0. The summed E-state index contributed by atoms with van der Waals surface area (Å²) in [5.41, 5.74) is 6.02. The number of anilines is 1. The van der Waals surface area contributed by atoms with Gasteiger partial charge in [0.25, 0.3) is 0 Å². The molecule has 3 heterocycles. The largest absolute Gasteiger partial charge is 0.495 e. The van der Waals surface area contributed by atoms with E-state index in [1.807, 2.05) is 55.5 Å². The van der Waals surface area contributed by atoms with Crippen LogP contribution in [-0.2, 0) is 9.53 Å². The van der Waals surface area contributed by atoms with Crippen molar-refractivity contribution in [3.63, 3.8) is 0 Å². The number of thiocarbonyl (C=S) groups is 1. The second kappa shape index (κ2) is 12.4. The number of hydrogen-bond acceptors (Lipinski definition) is 6. The third kappa shape index (κ3) is 5.71. The van der Waals surface area contributed by atoms with Crippen molar-refractivity contribution in [1.82, 2.24) is 19.8 Å². The maximum atomic E-state index is 13.0. The molecular weight excluding hydrogens is 550 g/mol. The van der Waals surface area contributed by atoms with Crippen LogP contribution in [-0.4, -0.2) is 52.2 Å². The third-order valence-corrected chi connectivity index (χ3v) is 7.85. The van der Waals surface area contributed by atoms with Crippen molar-refractivity contribution in [2.45, 2.75) is 32.4 Å². The highest BCUT2D eigenvalue weighted by Crippen LogP contribution is 2.41. The maximum Gasteiger partial charge on any atom is 0.337 e. The third-order valence-electron chi connectivity index (χ3n) is 7.49. The maximum absolute atomic E-state index is 13.0. The van der Waals surface area contributed by atoms with Gasteiger partial charge in [0.15, 0.2) is 5.11 Å². The van der Waals surface area contributed by atoms with Crippen molar-refractivity contribution < 1.29 is 19.1 Å². The average Bonchev–Trinajstić information content (AvgIpc) is 3.50. The van der Waals surface area contributed by atoms with E-state index in [0.29, 0.717) is 28.7 Å². The van der Waals surface area contributed by atoms with Gasteiger partial charge in [-0.05, 0) is 86.2 Å². The summed E-state index contributed by atoms with van der Waals surface area (Å²) >= 11 is 5.83. The molecule has 0 bridgehead atoms. The normalized spacial score (nSPS) is 16.2. The predicted octanol–water partition coefficient (Wildman–Crippen LogP) is 5.29. The zero-order chi connectivity index (χ0) is 29.8. The Labute approximate surface area is 250 Å². The van der Waals surface area contributed by atoms with Gasteiger partial charge < -0.3 is 29.6 Å². The molecule has 0 aliphatic carbocycles. The van der Waals surface area contributed by atoms with Crippen LogP contribution < -0.4 is 15.4 Å². The number of nitrogens with one attached hydrogen (secondary N) is 2. The van der Waals surface area contributed by atoms with Crippen LogP contribution in [0.25, 0.3) is 5.69 Å². The highest BCUT2D eigenvalue weighted by atomic mass is 32.1. The quantitative estimate of drug-likeness (QED) is 0.203. The number of methoxy groups -OCH3 is 2. The smallest absolute Gasteiger partial charge is 0.337 e. The van der Waals surface area contributed by atoms with Gasteiger partial charge in [-0.3, -0.25) is 9.78 Å². The molecule has 2 N–H and O–H groups in total. The molecule has 0 unspecified atom stereocenters. The van der Waals surface area contributed by atoms with Gasteiger partial charge in [-0.15, -0.1) is 0 Å². The van der Waals surface area contributed by atoms with Gasteiger partial charge in [0.05, 0.1) is 43.2 Å². The molecule has 0 radical (unpaired) electrons. The van der Waals surface area contributed by atoms with E-state index in [1.165, 1.54) is 7.11 Å². The first-order chi connectivity index (χ1) is 20.3. The molecule has 10 heteroatoms. The van der Waals surface area contributed by atoms with Gasteiger partial charge in [-0.2, -0.15) is 0 Å². The lowest BCUT2D eigenvalue weighted by molar-refractivity contribution is -0.116. The summed E-state index contributed by atoms with van der Waals surface area (Å²) in [5, 5.41) is 6.98. The molecule has 216 valence electrons. The van der Waals surface area contributed by atoms with E-state index in [2.05, 4.69) is 38.1 Å². The number of carbonyl (C=O) groups is 2. The first-order valence-electron chi connectivity index (χ1n) is 13.6. The summed E-state index contributed by atoms with van der Waals surface area (Å²) in [6.07, 6.45) is 1.99. The van der Waals surface area contributed by atoms with E-state index < -0.39 is 0 Å². The molecule has 2 atom stereocenters. The van der Waals surface area contributed by atoms with Crippen molar-refractivity contribution in [3.8, 4) is 11.4 Å². The summed E-state index contributed by atoms with van der Waals surface area (Å²) in [5.74, 6) is 0.0835. The lowest BCUT2D eigenvalue weighted by Crippen LogP contribution is -2.33.